The maximum Gasteiger partial charge on any atom is 0.416 e. The summed E-state index contributed by atoms with van der Waals surface area (Å²) >= 11 is 0. The van der Waals surface area contributed by atoms with Gasteiger partial charge in [0.15, 0.2) is 6.61 Å². The zero-order valence-electron chi connectivity index (χ0n) is 14.5. The Balaban J connectivity index is 1.85. The van der Waals surface area contributed by atoms with Crippen LogP contribution in [0.25, 0.3) is 0 Å². The predicted octanol–water partition coefficient (Wildman–Crippen LogP) is 4.36. The van der Waals surface area contributed by atoms with Crippen molar-refractivity contribution < 1.29 is 27.4 Å². The lowest BCUT2D eigenvalue weighted by Crippen LogP contribution is -2.31. The minimum Gasteiger partial charge on any atom is -0.494 e. The van der Waals surface area contributed by atoms with Crippen LogP contribution in [0.4, 0.5) is 13.2 Å². The average molecular weight is 367 g/mol. The van der Waals surface area contributed by atoms with E-state index in [1.54, 1.807) is 31.2 Å². The molecule has 2 aromatic rings. The first-order valence-corrected chi connectivity index (χ1v) is 8.11. The fraction of sp³-hybridized carbons (Fsp3) is 0.316. The summed E-state index contributed by atoms with van der Waals surface area (Å²) in [5, 5.41) is 2.69. The van der Waals surface area contributed by atoms with Crippen LogP contribution in [-0.4, -0.2) is 19.1 Å². The van der Waals surface area contributed by atoms with E-state index >= 15 is 0 Å². The summed E-state index contributed by atoms with van der Waals surface area (Å²) in [5.74, 6) is 0.859. The van der Waals surface area contributed by atoms with Gasteiger partial charge in [-0.05, 0) is 55.8 Å². The molecule has 0 aliphatic heterocycles. The van der Waals surface area contributed by atoms with Crippen molar-refractivity contribution in [3.05, 3.63) is 59.7 Å². The SMILES string of the molecule is CCOc1ccc(OCC(=O)NC(C)c2ccc(C(F)(F)F)cc2)cc1. The summed E-state index contributed by atoms with van der Waals surface area (Å²) in [5.41, 5.74) is -0.147. The lowest BCUT2D eigenvalue weighted by Gasteiger charge is -2.16. The monoisotopic (exact) mass is 367 g/mol. The third-order valence-corrected chi connectivity index (χ3v) is 3.62. The molecular weight excluding hydrogens is 347 g/mol. The van der Waals surface area contributed by atoms with Gasteiger partial charge in [0.05, 0.1) is 18.2 Å². The lowest BCUT2D eigenvalue weighted by atomic mass is 10.1. The number of halogens is 3. The Morgan fingerprint density at radius 1 is 1.00 bits per heavy atom. The third kappa shape index (κ3) is 5.68. The second-order valence-corrected chi connectivity index (χ2v) is 5.60. The van der Waals surface area contributed by atoms with Crippen molar-refractivity contribution in [2.24, 2.45) is 0 Å². The molecule has 0 aliphatic rings. The molecule has 7 heteroatoms. The molecule has 0 aromatic heterocycles. The molecule has 4 nitrogen and oxygen atoms in total. The van der Waals surface area contributed by atoms with Crippen molar-refractivity contribution in [2.75, 3.05) is 13.2 Å². The summed E-state index contributed by atoms with van der Waals surface area (Å²) in [6.07, 6.45) is -4.38. The van der Waals surface area contributed by atoms with Crippen molar-refractivity contribution in [1.82, 2.24) is 5.32 Å². The summed E-state index contributed by atoms with van der Waals surface area (Å²) in [6, 6.07) is 11.1. The fourth-order valence-electron chi connectivity index (χ4n) is 2.27. The van der Waals surface area contributed by atoms with Crippen LogP contribution >= 0.6 is 0 Å². The highest BCUT2D eigenvalue weighted by Gasteiger charge is 2.30. The van der Waals surface area contributed by atoms with E-state index in [1.165, 1.54) is 12.1 Å². The largest absolute Gasteiger partial charge is 0.494 e. The Labute approximate surface area is 149 Å². The van der Waals surface area contributed by atoms with Gasteiger partial charge in [-0.15, -0.1) is 0 Å². The Hall–Kier alpha value is -2.70. The van der Waals surface area contributed by atoms with E-state index in [9.17, 15) is 18.0 Å². The summed E-state index contributed by atoms with van der Waals surface area (Å²) in [4.78, 5) is 12.0. The van der Waals surface area contributed by atoms with Crippen molar-refractivity contribution in [1.29, 1.82) is 0 Å². The van der Waals surface area contributed by atoms with E-state index in [4.69, 9.17) is 9.47 Å². The first kappa shape index (κ1) is 19.6. The van der Waals surface area contributed by atoms with Gasteiger partial charge >= 0.3 is 6.18 Å². The van der Waals surface area contributed by atoms with Gasteiger partial charge in [-0.3, -0.25) is 4.79 Å². The molecule has 1 unspecified atom stereocenters. The molecule has 2 rings (SSSR count). The van der Waals surface area contributed by atoms with Crippen molar-refractivity contribution in [3.8, 4) is 11.5 Å². The Bertz CT molecular complexity index is 712. The van der Waals surface area contributed by atoms with E-state index in [0.717, 1.165) is 12.1 Å². The molecule has 0 spiro atoms. The molecule has 0 saturated heterocycles. The molecule has 1 amide bonds. The first-order valence-electron chi connectivity index (χ1n) is 8.11. The van der Waals surface area contributed by atoms with Crippen molar-refractivity contribution >= 4 is 5.91 Å². The molecule has 0 fully saturated rings. The quantitative estimate of drug-likeness (QED) is 0.791. The third-order valence-electron chi connectivity index (χ3n) is 3.62. The van der Waals surface area contributed by atoms with Crippen LogP contribution in [0.2, 0.25) is 0 Å². The molecule has 0 aliphatic carbocycles. The maximum atomic E-state index is 12.6. The highest BCUT2D eigenvalue weighted by atomic mass is 19.4. The topological polar surface area (TPSA) is 47.6 Å². The molecule has 1 atom stereocenters. The van der Waals surface area contributed by atoms with E-state index in [0.29, 0.717) is 23.7 Å². The van der Waals surface area contributed by atoms with Crippen LogP contribution < -0.4 is 14.8 Å². The molecule has 1 N–H and O–H groups in total. The molecule has 0 heterocycles. The molecule has 26 heavy (non-hydrogen) atoms. The summed E-state index contributed by atoms with van der Waals surface area (Å²) in [7, 11) is 0. The fourth-order valence-corrected chi connectivity index (χ4v) is 2.27. The molecule has 0 saturated carbocycles. The highest BCUT2D eigenvalue weighted by Crippen LogP contribution is 2.29. The molecule has 2 aromatic carbocycles. The van der Waals surface area contributed by atoms with Crippen LogP contribution in [0.1, 0.15) is 31.0 Å². The Morgan fingerprint density at radius 2 is 1.54 bits per heavy atom. The van der Waals surface area contributed by atoms with Crippen molar-refractivity contribution in [3.63, 3.8) is 0 Å². The van der Waals surface area contributed by atoms with Crippen LogP contribution in [0.5, 0.6) is 11.5 Å². The zero-order valence-corrected chi connectivity index (χ0v) is 14.5. The van der Waals surface area contributed by atoms with Gasteiger partial charge in [0.2, 0.25) is 0 Å². The number of carbonyl (C=O) groups excluding carboxylic acids is 1. The first-order chi connectivity index (χ1) is 12.3. The van der Waals surface area contributed by atoms with E-state index in [-0.39, 0.29) is 12.5 Å². The van der Waals surface area contributed by atoms with Crippen LogP contribution in [0, 0.1) is 0 Å². The Kier molecular flexibility index (Phi) is 6.49. The van der Waals surface area contributed by atoms with Gasteiger partial charge in [-0.2, -0.15) is 13.2 Å². The number of benzene rings is 2. The highest BCUT2D eigenvalue weighted by molar-refractivity contribution is 5.78. The molecule has 0 radical (unpaired) electrons. The van der Waals surface area contributed by atoms with Crippen LogP contribution in [-0.2, 0) is 11.0 Å². The number of alkyl halides is 3. The van der Waals surface area contributed by atoms with Gasteiger partial charge in [-0.1, -0.05) is 12.1 Å². The number of hydrogen-bond donors (Lipinski definition) is 1. The summed E-state index contributed by atoms with van der Waals surface area (Å²) in [6.45, 7) is 3.94. The Morgan fingerprint density at radius 3 is 2.04 bits per heavy atom. The second kappa shape index (κ2) is 8.60. The number of amides is 1. The van der Waals surface area contributed by atoms with E-state index in [1.807, 2.05) is 6.92 Å². The second-order valence-electron chi connectivity index (χ2n) is 5.60. The standard InChI is InChI=1S/C19H20F3NO3/c1-3-25-16-8-10-17(11-9-16)26-12-18(24)23-13(2)14-4-6-15(7-5-14)19(20,21)22/h4-11,13H,3,12H2,1-2H3,(H,23,24). The van der Waals surface area contributed by atoms with Gasteiger partial charge in [-0.25, -0.2) is 0 Å². The lowest BCUT2D eigenvalue weighted by molar-refractivity contribution is -0.137. The minimum absolute atomic E-state index is 0.195. The number of carbonyl (C=O) groups is 1. The normalized spacial score (nSPS) is 12.3. The van der Waals surface area contributed by atoms with E-state index in [2.05, 4.69) is 5.32 Å². The number of rotatable bonds is 7. The van der Waals surface area contributed by atoms with Gasteiger partial charge in [0.1, 0.15) is 11.5 Å². The number of hydrogen-bond acceptors (Lipinski definition) is 3. The minimum atomic E-state index is -4.38. The number of nitrogens with one attached hydrogen (secondary N) is 1. The molecule has 140 valence electrons. The smallest absolute Gasteiger partial charge is 0.416 e. The maximum absolute atomic E-state index is 12.6. The van der Waals surface area contributed by atoms with Gasteiger partial charge < -0.3 is 14.8 Å². The van der Waals surface area contributed by atoms with E-state index < -0.39 is 17.8 Å². The number of ether oxygens (including phenoxy) is 2. The van der Waals surface area contributed by atoms with Gasteiger partial charge in [0.25, 0.3) is 5.91 Å². The zero-order chi connectivity index (χ0) is 19.2. The van der Waals surface area contributed by atoms with Crippen LogP contribution in [0.15, 0.2) is 48.5 Å². The van der Waals surface area contributed by atoms with Gasteiger partial charge in [0, 0.05) is 0 Å². The predicted molar refractivity (Wildman–Crippen MR) is 91.1 cm³/mol. The molecular formula is C19H20F3NO3. The van der Waals surface area contributed by atoms with Crippen LogP contribution in [0.3, 0.4) is 0 Å². The molecule has 0 bridgehead atoms. The summed E-state index contributed by atoms with van der Waals surface area (Å²) < 4.78 is 48.4. The van der Waals surface area contributed by atoms with Crippen molar-refractivity contribution in [2.45, 2.75) is 26.1 Å². The average Bonchev–Trinajstić information content (AvgIpc) is 2.61.